The van der Waals surface area contributed by atoms with Gasteiger partial charge < -0.3 is 9.42 Å². The van der Waals surface area contributed by atoms with Gasteiger partial charge in [-0.25, -0.2) is 0 Å². The van der Waals surface area contributed by atoms with Crippen LogP contribution in [0.15, 0.2) is 16.9 Å². The van der Waals surface area contributed by atoms with E-state index in [4.69, 9.17) is 11.6 Å². The topological polar surface area (TPSA) is 46.3 Å². The van der Waals surface area contributed by atoms with Gasteiger partial charge in [-0.3, -0.25) is 4.79 Å². The molecule has 0 aromatic carbocycles. The molecule has 0 atom stereocenters. The van der Waals surface area contributed by atoms with E-state index in [1.807, 2.05) is 0 Å². The number of hydrogen-bond acceptors (Lipinski definition) is 3. The van der Waals surface area contributed by atoms with E-state index in [9.17, 15) is 4.79 Å². The maximum Gasteiger partial charge on any atom is 0.276 e. The highest BCUT2D eigenvalue weighted by molar-refractivity contribution is 6.18. The molecule has 0 saturated heterocycles. The molecule has 2 rings (SSSR count). The van der Waals surface area contributed by atoms with Crippen molar-refractivity contribution in [3.63, 3.8) is 0 Å². The van der Waals surface area contributed by atoms with Gasteiger partial charge in [0.1, 0.15) is 6.26 Å². The van der Waals surface area contributed by atoms with Crippen LogP contribution in [0.5, 0.6) is 0 Å². The van der Waals surface area contributed by atoms with Crippen LogP contribution in [0.4, 0.5) is 0 Å². The highest BCUT2D eigenvalue weighted by Gasteiger charge is 2.29. The number of amides is 1. The van der Waals surface area contributed by atoms with Gasteiger partial charge in [0.25, 0.3) is 5.91 Å². The lowest BCUT2D eigenvalue weighted by Crippen LogP contribution is -2.45. The van der Waals surface area contributed by atoms with E-state index in [-0.39, 0.29) is 5.91 Å². The van der Waals surface area contributed by atoms with Crippen molar-refractivity contribution in [2.24, 2.45) is 0 Å². The second-order valence-corrected chi connectivity index (χ2v) is 4.03. The van der Waals surface area contributed by atoms with Crippen LogP contribution in [0.1, 0.15) is 29.8 Å². The summed E-state index contributed by atoms with van der Waals surface area (Å²) in [5.74, 6) is 0.384. The maximum atomic E-state index is 12.0. The molecular weight excluding hydrogens is 216 g/mol. The molecule has 15 heavy (non-hydrogen) atoms. The predicted octanol–water partition coefficient (Wildman–Crippen LogP) is 1.91. The Bertz CT molecular complexity index is 322. The lowest BCUT2D eigenvalue weighted by atomic mass is 9.91. The molecule has 0 radical (unpaired) electrons. The zero-order valence-corrected chi connectivity index (χ0v) is 9.11. The summed E-state index contributed by atoms with van der Waals surface area (Å²) in [5.41, 5.74) is 0.368. The Balaban J connectivity index is 2.06. The Hall–Kier alpha value is -1.03. The second kappa shape index (κ2) is 4.66. The van der Waals surface area contributed by atoms with E-state index >= 15 is 0 Å². The summed E-state index contributed by atoms with van der Waals surface area (Å²) in [5, 5.41) is 3.65. The van der Waals surface area contributed by atoms with E-state index in [1.54, 1.807) is 11.0 Å². The minimum Gasteiger partial charge on any atom is -0.364 e. The maximum absolute atomic E-state index is 12.0. The third-order valence-electron chi connectivity index (χ3n) is 2.76. The fourth-order valence-electron chi connectivity index (χ4n) is 1.71. The normalized spacial score (nSPS) is 16.1. The zero-order chi connectivity index (χ0) is 10.7. The van der Waals surface area contributed by atoms with Gasteiger partial charge in [0.05, 0.1) is 0 Å². The first kappa shape index (κ1) is 10.5. The molecule has 1 aliphatic rings. The van der Waals surface area contributed by atoms with Gasteiger partial charge >= 0.3 is 0 Å². The van der Waals surface area contributed by atoms with Crippen LogP contribution in [0, 0.1) is 0 Å². The van der Waals surface area contributed by atoms with Crippen molar-refractivity contribution in [3.8, 4) is 0 Å². The van der Waals surface area contributed by atoms with Crippen molar-refractivity contribution >= 4 is 17.5 Å². The minimum absolute atomic E-state index is 0.0749. The molecule has 4 nitrogen and oxygen atoms in total. The summed E-state index contributed by atoms with van der Waals surface area (Å²) < 4.78 is 4.66. The Morgan fingerprint density at radius 2 is 2.47 bits per heavy atom. The van der Waals surface area contributed by atoms with Gasteiger partial charge in [0.2, 0.25) is 0 Å². The standard InChI is InChI=1S/C10H13ClN2O2/c11-5-6-13(8-2-1-3-8)10(14)9-4-7-15-12-9/h4,7-8H,1-3,5-6H2. The number of nitrogens with zero attached hydrogens (tertiary/aromatic N) is 2. The van der Waals surface area contributed by atoms with Gasteiger partial charge in [-0.1, -0.05) is 5.16 Å². The largest absolute Gasteiger partial charge is 0.364 e. The van der Waals surface area contributed by atoms with E-state index in [0.29, 0.717) is 24.2 Å². The first-order chi connectivity index (χ1) is 7.33. The van der Waals surface area contributed by atoms with Crippen molar-refractivity contribution in [2.75, 3.05) is 12.4 Å². The van der Waals surface area contributed by atoms with Crippen molar-refractivity contribution in [2.45, 2.75) is 25.3 Å². The van der Waals surface area contributed by atoms with Gasteiger partial charge in [0.15, 0.2) is 5.69 Å². The number of rotatable bonds is 4. The molecule has 0 N–H and O–H groups in total. The quantitative estimate of drug-likeness (QED) is 0.740. The van der Waals surface area contributed by atoms with E-state index in [1.165, 1.54) is 12.7 Å². The third kappa shape index (κ3) is 2.15. The first-order valence-corrected chi connectivity index (χ1v) is 5.63. The number of halogens is 1. The molecule has 0 unspecified atom stereocenters. The molecule has 1 heterocycles. The van der Waals surface area contributed by atoms with Crippen molar-refractivity contribution in [1.82, 2.24) is 10.1 Å². The van der Waals surface area contributed by atoms with Gasteiger partial charge in [-0.2, -0.15) is 0 Å². The summed E-state index contributed by atoms with van der Waals surface area (Å²) in [7, 11) is 0. The van der Waals surface area contributed by atoms with Gasteiger partial charge in [-0.15, -0.1) is 11.6 Å². The summed E-state index contributed by atoms with van der Waals surface area (Å²) in [6.07, 6.45) is 4.74. The zero-order valence-electron chi connectivity index (χ0n) is 8.36. The number of alkyl halides is 1. The SMILES string of the molecule is O=C(c1ccon1)N(CCCl)C1CCC1. The molecule has 1 aliphatic carbocycles. The molecule has 0 aliphatic heterocycles. The lowest BCUT2D eigenvalue weighted by Gasteiger charge is -2.36. The molecule has 1 fully saturated rings. The van der Waals surface area contributed by atoms with E-state index in [0.717, 1.165) is 12.8 Å². The smallest absolute Gasteiger partial charge is 0.276 e. The molecule has 0 bridgehead atoms. The summed E-state index contributed by atoms with van der Waals surface area (Å²) in [6.45, 7) is 0.581. The number of carbonyl (C=O) groups is 1. The van der Waals surface area contributed by atoms with Crippen LogP contribution >= 0.6 is 11.6 Å². The minimum atomic E-state index is -0.0749. The number of aromatic nitrogens is 1. The molecule has 1 saturated carbocycles. The molecule has 0 spiro atoms. The molecule has 1 aromatic rings. The molecule has 82 valence electrons. The van der Waals surface area contributed by atoms with Crippen LogP contribution in [0.25, 0.3) is 0 Å². The van der Waals surface area contributed by atoms with Gasteiger partial charge in [0, 0.05) is 24.5 Å². The second-order valence-electron chi connectivity index (χ2n) is 3.66. The molecule has 1 aromatic heterocycles. The Kier molecular flexibility index (Phi) is 3.26. The summed E-state index contributed by atoms with van der Waals surface area (Å²) in [6, 6.07) is 1.93. The van der Waals surface area contributed by atoms with Crippen LogP contribution in [-0.4, -0.2) is 34.4 Å². The van der Waals surface area contributed by atoms with E-state index in [2.05, 4.69) is 9.68 Å². The average molecular weight is 229 g/mol. The number of carbonyl (C=O) groups excluding carboxylic acids is 1. The Morgan fingerprint density at radius 1 is 1.67 bits per heavy atom. The fourth-order valence-corrected chi connectivity index (χ4v) is 1.89. The van der Waals surface area contributed by atoms with Crippen LogP contribution in [-0.2, 0) is 0 Å². The van der Waals surface area contributed by atoms with E-state index < -0.39 is 0 Å². The fraction of sp³-hybridized carbons (Fsp3) is 0.600. The Labute approximate surface area is 93.2 Å². The van der Waals surface area contributed by atoms with Crippen LogP contribution in [0.2, 0.25) is 0 Å². The van der Waals surface area contributed by atoms with Gasteiger partial charge in [-0.05, 0) is 19.3 Å². The van der Waals surface area contributed by atoms with Crippen molar-refractivity contribution < 1.29 is 9.32 Å². The Morgan fingerprint density at radius 3 is 2.93 bits per heavy atom. The third-order valence-corrected chi connectivity index (χ3v) is 2.93. The summed E-state index contributed by atoms with van der Waals surface area (Å²) in [4.78, 5) is 13.8. The average Bonchev–Trinajstić information content (AvgIpc) is 2.66. The highest BCUT2D eigenvalue weighted by atomic mass is 35.5. The van der Waals surface area contributed by atoms with Crippen molar-refractivity contribution in [1.29, 1.82) is 0 Å². The number of hydrogen-bond donors (Lipinski definition) is 0. The first-order valence-electron chi connectivity index (χ1n) is 5.10. The predicted molar refractivity (Wildman–Crippen MR) is 55.9 cm³/mol. The molecule has 5 heteroatoms. The molecular formula is C10H13ClN2O2. The van der Waals surface area contributed by atoms with Crippen molar-refractivity contribution in [3.05, 3.63) is 18.0 Å². The lowest BCUT2D eigenvalue weighted by molar-refractivity contribution is 0.0587. The summed E-state index contributed by atoms with van der Waals surface area (Å²) >= 11 is 5.69. The monoisotopic (exact) mass is 228 g/mol. The highest BCUT2D eigenvalue weighted by Crippen LogP contribution is 2.25. The molecule has 1 amide bonds. The van der Waals surface area contributed by atoms with Crippen LogP contribution < -0.4 is 0 Å². The van der Waals surface area contributed by atoms with Crippen LogP contribution in [0.3, 0.4) is 0 Å².